The van der Waals surface area contributed by atoms with Crippen molar-refractivity contribution in [2.24, 2.45) is 5.41 Å². The van der Waals surface area contributed by atoms with E-state index in [1.807, 2.05) is 12.4 Å². The van der Waals surface area contributed by atoms with Crippen LogP contribution in [0.1, 0.15) is 147 Å². The molecule has 6 heteroatoms. The smallest absolute Gasteiger partial charge is 0.148 e. The number of aromatic nitrogens is 4. The molecule has 5 nitrogen and oxygen atoms in total. The van der Waals surface area contributed by atoms with Gasteiger partial charge >= 0.3 is 0 Å². The van der Waals surface area contributed by atoms with E-state index in [9.17, 15) is 5.11 Å². The number of imidazole rings is 1. The summed E-state index contributed by atoms with van der Waals surface area (Å²) in [6.07, 6.45) is 16.5. The molecule has 1 spiro atoms. The number of hydrogen-bond acceptors (Lipinski definition) is 4. The van der Waals surface area contributed by atoms with Crippen molar-refractivity contribution < 1.29 is 26.2 Å². The van der Waals surface area contributed by atoms with Gasteiger partial charge in [-0.2, -0.15) is 0 Å². The van der Waals surface area contributed by atoms with Gasteiger partial charge in [-0.1, -0.05) is 164 Å². The first kappa shape index (κ1) is 48.7. The molecule has 0 amide bonds. The molecule has 3 heterocycles. The van der Waals surface area contributed by atoms with E-state index in [2.05, 4.69) is 187 Å². The number of pyridine rings is 2. The van der Waals surface area contributed by atoms with E-state index in [0.717, 1.165) is 71.9 Å². The van der Waals surface area contributed by atoms with Gasteiger partial charge in [0, 0.05) is 44.7 Å². The van der Waals surface area contributed by atoms with E-state index in [1.54, 1.807) is 0 Å². The van der Waals surface area contributed by atoms with E-state index in [-0.39, 0.29) is 43.6 Å². The summed E-state index contributed by atoms with van der Waals surface area (Å²) in [4.78, 5) is 15.6. The Morgan fingerprint density at radius 3 is 2.10 bits per heavy atom. The van der Waals surface area contributed by atoms with Crippen LogP contribution in [-0.2, 0) is 31.9 Å². The molecule has 11 rings (SSSR count). The van der Waals surface area contributed by atoms with Crippen LogP contribution in [0.5, 0.6) is 5.75 Å². The predicted octanol–water partition coefficient (Wildman–Crippen LogP) is 17.6. The minimum absolute atomic E-state index is 0. The molecule has 0 saturated heterocycles. The van der Waals surface area contributed by atoms with Gasteiger partial charge in [0.15, 0.2) is 0 Å². The zero-order chi connectivity index (χ0) is 48.5. The summed E-state index contributed by atoms with van der Waals surface area (Å²) in [5, 5.41) is 15.4. The largest absolute Gasteiger partial charge is 0.507 e. The molecule has 3 aromatic heterocycles. The molecule has 0 bridgehead atoms. The van der Waals surface area contributed by atoms with Crippen molar-refractivity contribution in [2.75, 3.05) is 0 Å². The number of phenolic OH excluding ortho intramolecular Hbond substituents is 1. The van der Waals surface area contributed by atoms with Crippen molar-refractivity contribution in [1.82, 2.24) is 19.5 Å². The molecule has 364 valence electrons. The first-order valence-electron chi connectivity index (χ1n) is 26.0. The molecule has 6 aromatic carbocycles. The Balaban J connectivity index is 0.00000582. The fourth-order valence-electron chi connectivity index (χ4n) is 11.9. The van der Waals surface area contributed by atoms with Crippen molar-refractivity contribution in [3.8, 4) is 56.3 Å². The molecule has 0 unspecified atom stereocenters. The molecule has 0 atom stereocenters. The Kier molecular flexibility index (Phi) is 13.0. The second kappa shape index (κ2) is 18.9. The summed E-state index contributed by atoms with van der Waals surface area (Å²) < 4.78 is 2.29. The van der Waals surface area contributed by atoms with E-state index < -0.39 is 0 Å². The normalized spacial score (nSPS) is 15.5. The van der Waals surface area contributed by atoms with E-state index in [1.165, 1.54) is 80.0 Å². The van der Waals surface area contributed by atoms with Crippen molar-refractivity contribution in [3.05, 3.63) is 162 Å². The fourth-order valence-corrected chi connectivity index (χ4v) is 11.9. The summed E-state index contributed by atoms with van der Waals surface area (Å²) in [5.41, 5.74) is 15.7. The molecule has 2 aliphatic rings. The van der Waals surface area contributed by atoms with Crippen molar-refractivity contribution in [2.45, 2.75) is 136 Å². The van der Waals surface area contributed by atoms with E-state index >= 15 is 0 Å². The van der Waals surface area contributed by atoms with Crippen LogP contribution in [0.15, 0.2) is 134 Å². The van der Waals surface area contributed by atoms with Crippen molar-refractivity contribution >= 4 is 32.7 Å². The molecule has 2 fully saturated rings. The summed E-state index contributed by atoms with van der Waals surface area (Å²) in [7, 11) is 0. The molecule has 0 radical (unpaired) electrons. The number of rotatable bonds is 7. The van der Waals surface area contributed by atoms with Crippen LogP contribution < -0.4 is 0 Å². The average Bonchev–Trinajstić information content (AvgIpc) is 3.75. The Labute approximate surface area is 435 Å². The van der Waals surface area contributed by atoms with Crippen LogP contribution in [0.4, 0.5) is 0 Å². The first-order chi connectivity index (χ1) is 33.6. The maximum absolute atomic E-state index is 12.5. The van der Waals surface area contributed by atoms with E-state index in [4.69, 9.17) is 15.0 Å². The molecular formula is C65H67N4OPt-. The third-order valence-corrected chi connectivity index (χ3v) is 16.1. The minimum atomic E-state index is -0.320. The van der Waals surface area contributed by atoms with Gasteiger partial charge in [-0.15, -0.1) is 18.2 Å². The third kappa shape index (κ3) is 9.18. The second-order valence-electron chi connectivity index (χ2n) is 23.2. The number of hydrogen-bond donors (Lipinski definition) is 1. The zero-order valence-corrected chi connectivity index (χ0v) is 45.0. The van der Waals surface area contributed by atoms with Gasteiger partial charge in [0.05, 0.1) is 22.3 Å². The zero-order valence-electron chi connectivity index (χ0n) is 42.8. The Bertz CT molecular complexity index is 3410. The summed E-state index contributed by atoms with van der Waals surface area (Å²) in [6, 6.07) is 47.8. The van der Waals surface area contributed by atoms with Crippen LogP contribution in [0.25, 0.3) is 83.3 Å². The van der Waals surface area contributed by atoms with Gasteiger partial charge in [0.1, 0.15) is 11.6 Å². The summed E-state index contributed by atoms with van der Waals surface area (Å²) in [6.45, 7) is 17.7. The van der Waals surface area contributed by atoms with Crippen LogP contribution in [0.3, 0.4) is 0 Å². The summed E-state index contributed by atoms with van der Waals surface area (Å²) >= 11 is 0. The quantitative estimate of drug-likeness (QED) is 0.128. The van der Waals surface area contributed by atoms with Gasteiger partial charge in [0.2, 0.25) is 0 Å². The number of benzene rings is 6. The van der Waals surface area contributed by atoms with Crippen LogP contribution in [0, 0.1) is 11.5 Å². The average molecular weight is 1120 g/mol. The molecule has 71 heavy (non-hydrogen) atoms. The molecule has 2 aliphatic carbocycles. The monoisotopic (exact) mass is 1110 g/mol. The second-order valence-corrected chi connectivity index (χ2v) is 23.2. The van der Waals surface area contributed by atoms with Gasteiger partial charge in [0.25, 0.3) is 0 Å². The maximum Gasteiger partial charge on any atom is 0.148 e. The molecule has 1 N–H and O–H groups in total. The van der Waals surface area contributed by atoms with Crippen LogP contribution >= 0.6 is 0 Å². The summed E-state index contributed by atoms with van der Waals surface area (Å²) in [5.74, 6) is 1.81. The molecular weight excluding hydrogens is 1050 g/mol. The predicted molar refractivity (Wildman–Crippen MR) is 292 cm³/mol. The van der Waals surface area contributed by atoms with Gasteiger partial charge < -0.3 is 5.11 Å². The SMILES string of the molecule is CC(C)c1cc(-c2ccccc2)ccc1-n1c(-c2cc(C(C)(C)C)cc(C(C)(C)C)c2O)nc2c3c(ccc21)cnc1ccc(-c2cc(-c4ccc(C5CCC6(CCCCC6)CC5)cc4)ccn2)[c-]c13.[Pt]. The molecule has 2 saturated carbocycles. The Morgan fingerprint density at radius 2 is 1.39 bits per heavy atom. The van der Waals surface area contributed by atoms with Crippen molar-refractivity contribution in [3.63, 3.8) is 0 Å². The van der Waals surface area contributed by atoms with Gasteiger partial charge in [-0.3, -0.25) is 14.5 Å². The van der Waals surface area contributed by atoms with Crippen molar-refractivity contribution in [1.29, 1.82) is 0 Å². The topological polar surface area (TPSA) is 63.8 Å². The maximum atomic E-state index is 12.5. The number of aromatic hydroxyl groups is 1. The van der Waals surface area contributed by atoms with Gasteiger partial charge in [-0.05, 0) is 152 Å². The van der Waals surface area contributed by atoms with E-state index in [0.29, 0.717) is 22.7 Å². The van der Waals surface area contributed by atoms with Crippen LogP contribution in [-0.4, -0.2) is 24.6 Å². The first-order valence-corrected chi connectivity index (χ1v) is 26.0. The van der Waals surface area contributed by atoms with Crippen LogP contribution in [0.2, 0.25) is 0 Å². The fraction of sp³-hybridized carbons (Fsp3) is 0.338. The Hall–Kier alpha value is -5.90. The minimum Gasteiger partial charge on any atom is -0.507 e. The number of fused-ring (bicyclic) bond motifs is 5. The molecule has 9 aromatic rings. The standard InChI is InChI=1S/C65H67N4O.Pt/c1-41(2)51-35-46(42-15-11-9-12-16-42)22-25-57(51)69-58-26-23-49-40-67-55-24-21-48(36-52(55)59(49)60(58)68-62(69)53-38-50(63(3,4)5)39-54(61(53)70)64(6,7)8)56-37-47(29-34-66-56)44-19-17-43(18-20-44)45-27-32-65(33-28-45)30-13-10-14-31-65;/h9,11-12,15-26,29,34-35,37-41,45,70H,10,13-14,27-28,30-33H2,1-8H3;/q-1;. The Morgan fingerprint density at radius 1 is 0.690 bits per heavy atom. The molecule has 0 aliphatic heterocycles. The van der Waals surface area contributed by atoms with Gasteiger partial charge in [-0.25, -0.2) is 4.98 Å². The number of nitrogens with zero attached hydrogens (tertiary/aromatic N) is 4. The number of phenols is 1. The third-order valence-electron chi connectivity index (χ3n) is 16.1.